The van der Waals surface area contributed by atoms with Crippen LogP contribution in [0.2, 0.25) is 0 Å². The van der Waals surface area contributed by atoms with Crippen LogP contribution in [0.25, 0.3) is 0 Å². The smallest absolute Gasteiger partial charge is 0.220 e. The van der Waals surface area contributed by atoms with Gasteiger partial charge in [0, 0.05) is 18.7 Å². The van der Waals surface area contributed by atoms with Crippen molar-refractivity contribution in [2.75, 3.05) is 6.54 Å². The molecule has 0 aromatic carbocycles. The van der Waals surface area contributed by atoms with Gasteiger partial charge in [-0.15, -0.1) is 0 Å². The highest BCUT2D eigenvalue weighted by molar-refractivity contribution is 7.07. The number of aliphatic hydroxyl groups excluding tert-OH is 1. The molecule has 108 valence electrons. The lowest BCUT2D eigenvalue weighted by Gasteiger charge is -2.10. The Morgan fingerprint density at radius 1 is 1.55 bits per heavy atom. The maximum absolute atomic E-state index is 11.8. The van der Waals surface area contributed by atoms with Crippen LogP contribution < -0.4 is 5.32 Å². The maximum atomic E-state index is 11.8. The number of H-pyrrole nitrogens is 1. The van der Waals surface area contributed by atoms with Crippen LogP contribution in [-0.2, 0) is 11.2 Å². The molecular formula is C14H19N3O2S. The van der Waals surface area contributed by atoms with E-state index in [2.05, 4.69) is 15.5 Å². The van der Waals surface area contributed by atoms with Crippen LogP contribution in [0.3, 0.4) is 0 Å². The molecule has 0 radical (unpaired) electrons. The van der Waals surface area contributed by atoms with Gasteiger partial charge in [0.2, 0.25) is 5.91 Å². The molecule has 0 bridgehead atoms. The van der Waals surface area contributed by atoms with Gasteiger partial charge in [0.25, 0.3) is 0 Å². The SMILES string of the molecule is Cc1n[nH]c(C)c1CCC(=O)NCC(O)c1ccsc1. The third-order valence-electron chi connectivity index (χ3n) is 3.30. The summed E-state index contributed by atoms with van der Waals surface area (Å²) in [6.45, 7) is 4.13. The molecule has 2 rings (SSSR count). The molecule has 2 aromatic rings. The summed E-state index contributed by atoms with van der Waals surface area (Å²) in [5.41, 5.74) is 3.89. The van der Waals surface area contributed by atoms with E-state index in [-0.39, 0.29) is 12.5 Å². The summed E-state index contributed by atoms with van der Waals surface area (Å²) in [6.07, 6.45) is 0.425. The number of nitrogens with one attached hydrogen (secondary N) is 2. The molecule has 0 aliphatic rings. The van der Waals surface area contributed by atoms with Gasteiger partial charge < -0.3 is 10.4 Å². The maximum Gasteiger partial charge on any atom is 0.220 e. The Labute approximate surface area is 122 Å². The Hall–Kier alpha value is -1.66. The number of aromatic nitrogens is 2. The molecule has 2 aromatic heterocycles. The topological polar surface area (TPSA) is 78.0 Å². The predicted octanol–water partition coefficient (Wildman–Crippen LogP) is 1.87. The monoisotopic (exact) mass is 293 g/mol. The van der Waals surface area contributed by atoms with E-state index in [1.165, 1.54) is 11.3 Å². The van der Waals surface area contributed by atoms with Crippen molar-refractivity contribution in [2.24, 2.45) is 0 Å². The molecule has 1 amide bonds. The zero-order valence-electron chi connectivity index (χ0n) is 11.6. The minimum atomic E-state index is -0.636. The van der Waals surface area contributed by atoms with Gasteiger partial charge >= 0.3 is 0 Å². The molecule has 0 aliphatic carbocycles. The van der Waals surface area contributed by atoms with E-state index in [4.69, 9.17) is 0 Å². The second-order valence-electron chi connectivity index (χ2n) is 4.79. The summed E-state index contributed by atoms with van der Waals surface area (Å²) >= 11 is 1.53. The molecule has 0 aliphatic heterocycles. The molecule has 0 fully saturated rings. The quantitative estimate of drug-likeness (QED) is 0.761. The number of aliphatic hydroxyl groups is 1. The number of carbonyl (C=O) groups is 1. The van der Waals surface area contributed by atoms with Crippen molar-refractivity contribution < 1.29 is 9.90 Å². The molecule has 20 heavy (non-hydrogen) atoms. The number of nitrogens with zero attached hydrogens (tertiary/aromatic N) is 1. The number of carbonyl (C=O) groups excluding carboxylic acids is 1. The summed E-state index contributed by atoms with van der Waals surface area (Å²) in [6, 6.07) is 1.86. The first-order chi connectivity index (χ1) is 9.58. The van der Waals surface area contributed by atoms with E-state index in [1.54, 1.807) is 0 Å². The summed E-state index contributed by atoms with van der Waals surface area (Å²) in [7, 11) is 0. The molecule has 1 unspecified atom stereocenters. The summed E-state index contributed by atoms with van der Waals surface area (Å²) in [5, 5.41) is 23.4. The third kappa shape index (κ3) is 3.68. The average Bonchev–Trinajstić information content (AvgIpc) is 3.05. The molecule has 1 atom stereocenters. The van der Waals surface area contributed by atoms with Crippen molar-refractivity contribution in [1.82, 2.24) is 15.5 Å². The van der Waals surface area contributed by atoms with Gasteiger partial charge in [0.05, 0.1) is 11.8 Å². The van der Waals surface area contributed by atoms with Crippen LogP contribution in [0, 0.1) is 13.8 Å². The fourth-order valence-corrected chi connectivity index (χ4v) is 2.77. The molecule has 2 heterocycles. The minimum Gasteiger partial charge on any atom is -0.387 e. The van der Waals surface area contributed by atoms with Crippen molar-refractivity contribution in [3.05, 3.63) is 39.3 Å². The van der Waals surface area contributed by atoms with Crippen molar-refractivity contribution >= 4 is 17.2 Å². The Balaban J connectivity index is 1.76. The first-order valence-electron chi connectivity index (χ1n) is 6.55. The molecule has 6 heteroatoms. The van der Waals surface area contributed by atoms with Gasteiger partial charge in [0.1, 0.15) is 0 Å². The van der Waals surface area contributed by atoms with E-state index in [0.717, 1.165) is 22.5 Å². The molecule has 0 saturated carbocycles. The van der Waals surface area contributed by atoms with Crippen molar-refractivity contribution in [2.45, 2.75) is 32.8 Å². The molecule has 5 nitrogen and oxygen atoms in total. The van der Waals surface area contributed by atoms with Gasteiger partial charge in [-0.1, -0.05) is 0 Å². The fraction of sp³-hybridized carbons (Fsp3) is 0.429. The van der Waals surface area contributed by atoms with Crippen molar-refractivity contribution in [1.29, 1.82) is 0 Å². The van der Waals surface area contributed by atoms with E-state index in [9.17, 15) is 9.90 Å². The minimum absolute atomic E-state index is 0.0562. The van der Waals surface area contributed by atoms with E-state index < -0.39 is 6.10 Å². The predicted molar refractivity (Wildman–Crippen MR) is 78.7 cm³/mol. The Morgan fingerprint density at radius 2 is 2.35 bits per heavy atom. The molecular weight excluding hydrogens is 274 g/mol. The van der Waals surface area contributed by atoms with Crippen LogP contribution in [0.15, 0.2) is 16.8 Å². The lowest BCUT2D eigenvalue weighted by molar-refractivity contribution is -0.121. The van der Waals surface area contributed by atoms with Crippen LogP contribution >= 0.6 is 11.3 Å². The van der Waals surface area contributed by atoms with Gasteiger partial charge in [-0.25, -0.2) is 0 Å². The second kappa shape index (κ2) is 6.67. The van der Waals surface area contributed by atoms with Gasteiger partial charge in [0.15, 0.2) is 0 Å². The highest BCUT2D eigenvalue weighted by Gasteiger charge is 2.12. The number of hydrogen-bond donors (Lipinski definition) is 3. The molecule has 3 N–H and O–H groups in total. The summed E-state index contributed by atoms with van der Waals surface area (Å²) < 4.78 is 0. The lowest BCUT2D eigenvalue weighted by atomic mass is 10.1. The van der Waals surface area contributed by atoms with E-state index in [1.807, 2.05) is 30.7 Å². The lowest BCUT2D eigenvalue weighted by Crippen LogP contribution is -2.28. The second-order valence-corrected chi connectivity index (χ2v) is 5.57. The normalized spacial score (nSPS) is 12.3. The van der Waals surface area contributed by atoms with Crippen LogP contribution in [0.5, 0.6) is 0 Å². The summed E-state index contributed by atoms with van der Waals surface area (Å²) in [5.74, 6) is -0.0562. The number of aryl methyl sites for hydroxylation is 2. The largest absolute Gasteiger partial charge is 0.387 e. The standard InChI is InChI=1S/C14H19N3O2S/c1-9-12(10(2)17-16-9)3-4-14(19)15-7-13(18)11-5-6-20-8-11/h5-6,8,13,18H,3-4,7H2,1-2H3,(H,15,19)(H,16,17). The Bertz CT molecular complexity index is 543. The zero-order chi connectivity index (χ0) is 14.5. The van der Waals surface area contributed by atoms with E-state index >= 15 is 0 Å². The van der Waals surface area contributed by atoms with Gasteiger partial charge in [-0.3, -0.25) is 9.89 Å². The number of rotatable bonds is 6. The van der Waals surface area contributed by atoms with Crippen molar-refractivity contribution in [3.8, 4) is 0 Å². The number of hydrogen-bond acceptors (Lipinski definition) is 4. The third-order valence-corrected chi connectivity index (χ3v) is 4.00. The highest BCUT2D eigenvalue weighted by atomic mass is 32.1. The van der Waals surface area contributed by atoms with Crippen molar-refractivity contribution in [3.63, 3.8) is 0 Å². The Morgan fingerprint density at radius 3 is 2.95 bits per heavy atom. The number of thiophene rings is 1. The summed E-state index contributed by atoms with van der Waals surface area (Å²) in [4.78, 5) is 11.8. The van der Waals surface area contributed by atoms with E-state index in [0.29, 0.717) is 12.8 Å². The molecule has 0 spiro atoms. The van der Waals surface area contributed by atoms with Crippen LogP contribution in [-0.4, -0.2) is 27.8 Å². The average molecular weight is 293 g/mol. The number of amides is 1. The van der Waals surface area contributed by atoms with Crippen LogP contribution in [0.1, 0.15) is 35.0 Å². The first kappa shape index (κ1) is 14.7. The Kier molecular flexibility index (Phi) is 4.92. The molecule has 0 saturated heterocycles. The first-order valence-corrected chi connectivity index (χ1v) is 7.49. The fourth-order valence-electron chi connectivity index (χ4n) is 2.06. The number of aromatic amines is 1. The van der Waals surface area contributed by atoms with Gasteiger partial charge in [-0.2, -0.15) is 16.4 Å². The van der Waals surface area contributed by atoms with Crippen LogP contribution in [0.4, 0.5) is 0 Å². The van der Waals surface area contributed by atoms with Gasteiger partial charge in [-0.05, 0) is 48.2 Å². The zero-order valence-corrected chi connectivity index (χ0v) is 12.5. The highest BCUT2D eigenvalue weighted by Crippen LogP contribution is 2.15.